The van der Waals surface area contributed by atoms with Gasteiger partial charge < -0.3 is 14.5 Å². The van der Waals surface area contributed by atoms with E-state index in [0.29, 0.717) is 24.7 Å². The Morgan fingerprint density at radius 3 is 2.22 bits per heavy atom. The van der Waals surface area contributed by atoms with E-state index >= 15 is 0 Å². The molecule has 0 aliphatic carbocycles. The van der Waals surface area contributed by atoms with Gasteiger partial charge in [0.15, 0.2) is 17.1 Å². The van der Waals surface area contributed by atoms with Gasteiger partial charge >= 0.3 is 5.97 Å². The summed E-state index contributed by atoms with van der Waals surface area (Å²) in [6, 6.07) is 19.6. The molecule has 1 aliphatic rings. The Kier molecular flexibility index (Phi) is 4.89. The summed E-state index contributed by atoms with van der Waals surface area (Å²) in [5.41, 5.74) is 2.14. The van der Waals surface area contributed by atoms with E-state index in [-0.39, 0.29) is 5.56 Å². The van der Waals surface area contributed by atoms with E-state index in [1.54, 1.807) is 0 Å². The van der Waals surface area contributed by atoms with Crippen molar-refractivity contribution in [2.45, 2.75) is 6.54 Å². The molecule has 0 atom stereocenters. The van der Waals surface area contributed by atoms with Crippen molar-refractivity contribution >= 4 is 11.8 Å². The summed E-state index contributed by atoms with van der Waals surface area (Å²) in [4.78, 5) is 16.3. The maximum atomic E-state index is 11.9. The largest absolute Gasteiger partial charge is 0.477 e. The predicted molar refractivity (Wildman–Crippen MR) is 103 cm³/mol. The number of nitrogens with zero attached hydrogens (tertiary/aromatic N) is 3. The average molecular weight is 363 g/mol. The molecule has 6 heteroatoms. The molecule has 0 amide bonds. The normalized spacial score (nSPS) is 15.0. The van der Waals surface area contributed by atoms with Crippen molar-refractivity contribution in [3.8, 4) is 11.3 Å². The predicted octanol–water partition coefficient (Wildman–Crippen LogP) is 3.36. The first-order valence-electron chi connectivity index (χ1n) is 9.02. The van der Waals surface area contributed by atoms with E-state index in [1.807, 2.05) is 53.4 Å². The molecule has 0 spiro atoms. The standard InChI is InChI=1S/C21H21N3O3/c25-21(26)18-19(17-9-5-2-6-10-17)27-22-20(18)24-13-11-23(12-14-24)15-16-7-3-1-4-8-16/h1-10H,11-15H2,(H,25,26). The van der Waals surface area contributed by atoms with Crippen LogP contribution >= 0.6 is 0 Å². The first-order chi connectivity index (χ1) is 13.2. The second-order valence-electron chi connectivity index (χ2n) is 6.63. The third-order valence-electron chi connectivity index (χ3n) is 4.84. The van der Waals surface area contributed by atoms with E-state index in [4.69, 9.17) is 4.52 Å². The molecule has 1 N–H and O–H groups in total. The number of hydrogen-bond donors (Lipinski definition) is 1. The zero-order chi connectivity index (χ0) is 18.6. The fourth-order valence-corrected chi connectivity index (χ4v) is 3.44. The highest BCUT2D eigenvalue weighted by Crippen LogP contribution is 2.31. The van der Waals surface area contributed by atoms with Crippen LogP contribution in [0.15, 0.2) is 65.2 Å². The van der Waals surface area contributed by atoms with Crippen molar-refractivity contribution in [3.05, 3.63) is 71.8 Å². The maximum Gasteiger partial charge on any atom is 0.343 e. The van der Waals surface area contributed by atoms with Gasteiger partial charge in [0.2, 0.25) is 0 Å². The van der Waals surface area contributed by atoms with E-state index in [0.717, 1.165) is 25.2 Å². The highest BCUT2D eigenvalue weighted by molar-refractivity contribution is 5.99. The number of anilines is 1. The van der Waals surface area contributed by atoms with Crippen molar-refractivity contribution in [3.63, 3.8) is 0 Å². The van der Waals surface area contributed by atoms with E-state index in [2.05, 4.69) is 22.2 Å². The average Bonchev–Trinajstić information content (AvgIpc) is 3.15. The highest BCUT2D eigenvalue weighted by atomic mass is 16.5. The van der Waals surface area contributed by atoms with Crippen molar-refractivity contribution < 1.29 is 14.4 Å². The first-order valence-corrected chi connectivity index (χ1v) is 9.02. The molecule has 1 saturated heterocycles. The maximum absolute atomic E-state index is 11.9. The van der Waals surface area contributed by atoms with Gasteiger partial charge in [-0.15, -0.1) is 0 Å². The summed E-state index contributed by atoms with van der Waals surface area (Å²) in [6.45, 7) is 4.03. The lowest BCUT2D eigenvalue weighted by atomic mass is 10.1. The third-order valence-corrected chi connectivity index (χ3v) is 4.84. The Hall–Kier alpha value is -3.12. The quantitative estimate of drug-likeness (QED) is 0.750. The van der Waals surface area contributed by atoms with Crippen LogP contribution in [0, 0.1) is 0 Å². The van der Waals surface area contributed by atoms with E-state index in [9.17, 15) is 9.90 Å². The van der Waals surface area contributed by atoms with Crippen LogP contribution in [0.1, 0.15) is 15.9 Å². The minimum atomic E-state index is -1.02. The molecule has 4 rings (SSSR count). The van der Waals surface area contributed by atoms with Crippen LogP contribution in [0.2, 0.25) is 0 Å². The molecule has 0 radical (unpaired) electrons. The van der Waals surface area contributed by atoms with Crippen molar-refractivity contribution in [1.82, 2.24) is 10.1 Å². The second-order valence-corrected chi connectivity index (χ2v) is 6.63. The van der Waals surface area contributed by atoms with Crippen LogP contribution in [0.3, 0.4) is 0 Å². The molecule has 1 fully saturated rings. The molecular formula is C21H21N3O3. The van der Waals surface area contributed by atoms with Crippen molar-refractivity contribution in [1.29, 1.82) is 0 Å². The van der Waals surface area contributed by atoms with Gasteiger partial charge in [0.25, 0.3) is 0 Å². The fourth-order valence-electron chi connectivity index (χ4n) is 3.44. The van der Waals surface area contributed by atoms with Gasteiger partial charge in [0.1, 0.15) is 0 Å². The Labute approximate surface area is 157 Å². The zero-order valence-electron chi connectivity index (χ0n) is 14.9. The Morgan fingerprint density at radius 1 is 0.963 bits per heavy atom. The minimum absolute atomic E-state index is 0.137. The lowest BCUT2D eigenvalue weighted by Crippen LogP contribution is -2.46. The van der Waals surface area contributed by atoms with Crippen molar-refractivity contribution in [2.75, 3.05) is 31.1 Å². The third kappa shape index (κ3) is 3.71. The number of piperazine rings is 1. The number of benzene rings is 2. The number of carboxylic acids is 1. The second kappa shape index (κ2) is 7.63. The lowest BCUT2D eigenvalue weighted by Gasteiger charge is -2.34. The molecule has 2 aromatic carbocycles. The zero-order valence-corrected chi connectivity index (χ0v) is 14.9. The van der Waals surface area contributed by atoms with Gasteiger partial charge in [-0.1, -0.05) is 65.8 Å². The number of carbonyl (C=O) groups is 1. The first kappa shape index (κ1) is 17.3. The number of rotatable bonds is 5. The molecule has 0 bridgehead atoms. The summed E-state index contributed by atoms with van der Waals surface area (Å²) in [6.07, 6.45) is 0. The minimum Gasteiger partial charge on any atom is -0.477 e. The molecule has 3 aromatic rings. The number of hydrogen-bond acceptors (Lipinski definition) is 5. The van der Waals surface area contributed by atoms with Crippen LogP contribution in [0.4, 0.5) is 5.82 Å². The summed E-state index contributed by atoms with van der Waals surface area (Å²) < 4.78 is 5.43. The summed E-state index contributed by atoms with van der Waals surface area (Å²) in [5, 5.41) is 13.8. The Morgan fingerprint density at radius 2 is 1.59 bits per heavy atom. The number of aromatic nitrogens is 1. The van der Waals surface area contributed by atoms with Crippen LogP contribution in [-0.4, -0.2) is 47.3 Å². The van der Waals surface area contributed by atoms with Crippen LogP contribution in [0.5, 0.6) is 0 Å². The molecular weight excluding hydrogens is 342 g/mol. The van der Waals surface area contributed by atoms with Gasteiger partial charge in [0, 0.05) is 38.3 Å². The summed E-state index contributed by atoms with van der Waals surface area (Å²) in [7, 11) is 0. The molecule has 1 aliphatic heterocycles. The van der Waals surface area contributed by atoms with Crippen LogP contribution in [-0.2, 0) is 6.54 Å². The molecule has 138 valence electrons. The number of aromatic carboxylic acids is 1. The van der Waals surface area contributed by atoms with Crippen molar-refractivity contribution in [2.24, 2.45) is 0 Å². The molecule has 1 aromatic heterocycles. The van der Waals surface area contributed by atoms with Gasteiger partial charge in [-0.05, 0) is 5.56 Å². The Bertz CT molecular complexity index is 901. The van der Waals surface area contributed by atoms with Crippen LogP contribution in [0.25, 0.3) is 11.3 Å². The highest BCUT2D eigenvalue weighted by Gasteiger charge is 2.29. The summed E-state index contributed by atoms with van der Waals surface area (Å²) in [5.74, 6) is -0.289. The smallest absolute Gasteiger partial charge is 0.343 e. The fraction of sp³-hybridized carbons (Fsp3) is 0.238. The van der Waals surface area contributed by atoms with Crippen LogP contribution < -0.4 is 4.90 Å². The molecule has 0 unspecified atom stereocenters. The molecule has 2 heterocycles. The van der Waals surface area contributed by atoms with Gasteiger partial charge in [-0.25, -0.2) is 4.79 Å². The van der Waals surface area contributed by atoms with E-state index < -0.39 is 5.97 Å². The SMILES string of the molecule is O=C(O)c1c(N2CCN(Cc3ccccc3)CC2)noc1-c1ccccc1. The molecule has 0 saturated carbocycles. The lowest BCUT2D eigenvalue weighted by molar-refractivity contribution is 0.0697. The Balaban J connectivity index is 1.50. The topological polar surface area (TPSA) is 69.8 Å². The monoisotopic (exact) mass is 363 g/mol. The van der Waals surface area contributed by atoms with Gasteiger partial charge in [-0.2, -0.15) is 0 Å². The number of carboxylic acid groups (broad SMARTS) is 1. The van der Waals surface area contributed by atoms with Gasteiger partial charge in [0.05, 0.1) is 0 Å². The summed E-state index contributed by atoms with van der Waals surface area (Å²) >= 11 is 0. The van der Waals surface area contributed by atoms with E-state index in [1.165, 1.54) is 5.56 Å². The molecule has 27 heavy (non-hydrogen) atoms. The van der Waals surface area contributed by atoms with Gasteiger partial charge in [-0.3, -0.25) is 4.90 Å². The molecule has 6 nitrogen and oxygen atoms in total.